The molecule has 0 saturated carbocycles. The Labute approximate surface area is 164 Å². The van der Waals surface area contributed by atoms with Gasteiger partial charge in [-0.15, -0.1) is 0 Å². The molecule has 2 bridgehead atoms. The van der Waals surface area contributed by atoms with Gasteiger partial charge in [-0.2, -0.15) is 0 Å². The minimum Gasteiger partial charge on any atom is -0.320 e. The number of nitrogens with one attached hydrogen (secondary N) is 1. The molecule has 0 aromatic heterocycles. The van der Waals surface area contributed by atoms with E-state index in [9.17, 15) is 9.59 Å². The van der Waals surface area contributed by atoms with Crippen LogP contribution in [0.15, 0.2) is 60.2 Å². The average molecular weight is 373 g/mol. The number of anilines is 3. The first-order valence-corrected chi connectivity index (χ1v) is 9.86. The number of carbonyl (C=O) groups is 2. The molecule has 0 spiro atoms. The Morgan fingerprint density at radius 3 is 2.39 bits per heavy atom. The molecule has 2 atom stereocenters. The SMILES string of the molecule is CN1C2CCC1CC(=CC(=O)N1c3ccccc3NC(=O)c3ccccc31)C2. The maximum Gasteiger partial charge on any atom is 0.257 e. The maximum absolute atomic E-state index is 13.5. The number of para-hydroxylation sites is 3. The molecule has 3 aliphatic heterocycles. The number of benzene rings is 2. The van der Waals surface area contributed by atoms with Gasteiger partial charge in [-0.25, -0.2) is 0 Å². The zero-order valence-electron chi connectivity index (χ0n) is 15.9. The zero-order chi connectivity index (χ0) is 19.3. The summed E-state index contributed by atoms with van der Waals surface area (Å²) in [5.74, 6) is -0.279. The van der Waals surface area contributed by atoms with Crippen molar-refractivity contribution in [2.24, 2.45) is 0 Å². The summed E-state index contributed by atoms with van der Waals surface area (Å²) in [5.41, 5.74) is 3.71. The molecule has 142 valence electrons. The number of nitrogens with zero attached hydrogens (tertiary/aromatic N) is 2. The lowest BCUT2D eigenvalue weighted by Crippen LogP contribution is -2.37. The molecule has 2 amide bonds. The molecule has 5 rings (SSSR count). The molecule has 2 fully saturated rings. The van der Waals surface area contributed by atoms with Gasteiger partial charge >= 0.3 is 0 Å². The van der Waals surface area contributed by atoms with Crippen molar-refractivity contribution < 1.29 is 9.59 Å². The van der Waals surface area contributed by atoms with E-state index < -0.39 is 0 Å². The third-order valence-corrected chi connectivity index (χ3v) is 6.31. The summed E-state index contributed by atoms with van der Waals surface area (Å²) in [6, 6.07) is 15.9. The van der Waals surface area contributed by atoms with Crippen molar-refractivity contribution in [3.05, 3.63) is 65.7 Å². The first kappa shape index (κ1) is 17.2. The molecular weight excluding hydrogens is 350 g/mol. The Balaban J connectivity index is 1.57. The van der Waals surface area contributed by atoms with Gasteiger partial charge in [0.25, 0.3) is 11.8 Å². The van der Waals surface area contributed by atoms with Gasteiger partial charge in [0.1, 0.15) is 0 Å². The van der Waals surface area contributed by atoms with Gasteiger partial charge in [0, 0.05) is 18.2 Å². The molecule has 2 aromatic carbocycles. The van der Waals surface area contributed by atoms with E-state index in [0.717, 1.165) is 12.8 Å². The number of amides is 2. The molecule has 2 aromatic rings. The van der Waals surface area contributed by atoms with Crippen LogP contribution in [0.1, 0.15) is 36.0 Å². The van der Waals surface area contributed by atoms with Gasteiger partial charge in [0.2, 0.25) is 0 Å². The van der Waals surface area contributed by atoms with E-state index in [2.05, 4.69) is 17.3 Å². The van der Waals surface area contributed by atoms with E-state index in [0.29, 0.717) is 34.7 Å². The topological polar surface area (TPSA) is 52.7 Å². The predicted octanol–water partition coefficient (Wildman–Crippen LogP) is 4.10. The van der Waals surface area contributed by atoms with Crippen molar-refractivity contribution in [2.75, 3.05) is 17.3 Å². The zero-order valence-corrected chi connectivity index (χ0v) is 15.9. The first-order valence-electron chi connectivity index (χ1n) is 9.86. The van der Waals surface area contributed by atoms with Crippen LogP contribution in [0.3, 0.4) is 0 Å². The normalized spacial score (nSPS) is 23.5. The Morgan fingerprint density at radius 2 is 1.64 bits per heavy atom. The fraction of sp³-hybridized carbons (Fsp3) is 0.304. The van der Waals surface area contributed by atoms with Gasteiger partial charge in [0.15, 0.2) is 0 Å². The third-order valence-electron chi connectivity index (χ3n) is 6.31. The van der Waals surface area contributed by atoms with Gasteiger partial charge in [-0.3, -0.25) is 19.4 Å². The molecule has 0 radical (unpaired) electrons. The molecule has 1 N–H and O–H groups in total. The van der Waals surface area contributed by atoms with Gasteiger partial charge in [-0.05, 0) is 57.0 Å². The van der Waals surface area contributed by atoms with Crippen molar-refractivity contribution in [3.63, 3.8) is 0 Å². The molecule has 2 unspecified atom stereocenters. The Morgan fingerprint density at radius 1 is 1.00 bits per heavy atom. The average Bonchev–Trinajstić information content (AvgIpc) is 2.86. The second-order valence-corrected chi connectivity index (χ2v) is 7.92. The number of carbonyl (C=O) groups excluding carboxylic acids is 2. The van der Waals surface area contributed by atoms with Crippen molar-refractivity contribution in [3.8, 4) is 0 Å². The molecule has 2 saturated heterocycles. The lowest BCUT2D eigenvalue weighted by Gasteiger charge is -2.33. The molecule has 0 aliphatic carbocycles. The number of fused-ring (bicyclic) bond motifs is 4. The van der Waals surface area contributed by atoms with Crippen molar-refractivity contribution in [2.45, 2.75) is 37.8 Å². The Bertz CT molecular complexity index is 981. The molecular formula is C23H23N3O2. The summed E-state index contributed by atoms with van der Waals surface area (Å²) >= 11 is 0. The van der Waals surface area contributed by atoms with Crippen molar-refractivity contribution in [1.82, 2.24) is 4.90 Å². The highest BCUT2D eigenvalue weighted by molar-refractivity contribution is 6.19. The summed E-state index contributed by atoms with van der Waals surface area (Å²) < 4.78 is 0. The standard InChI is InChI=1S/C23H23N3O2/c1-25-16-10-11-17(25)13-15(12-16)14-22(27)26-20-8-4-2-6-18(20)23(28)24-19-7-3-5-9-21(19)26/h2-9,14,16-17H,10-13H2,1H3,(H,24,28). The number of rotatable bonds is 1. The largest absolute Gasteiger partial charge is 0.320 e. The molecule has 3 heterocycles. The van der Waals surface area contributed by atoms with E-state index in [-0.39, 0.29) is 11.8 Å². The Hall–Kier alpha value is -2.92. The summed E-state index contributed by atoms with van der Waals surface area (Å²) in [6.07, 6.45) is 6.13. The second kappa shape index (κ2) is 6.60. The van der Waals surface area contributed by atoms with Crippen LogP contribution in [0.4, 0.5) is 17.1 Å². The van der Waals surface area contributed by atoms with E-state index in [1.165, 1.54) is 18.4 Å². The lowest BCUT2D eigenvalue weighted by atomic mass is 9.96. The fourth-order valence-corrected chi connectivity index (χ4v) is 4.82. The van der Waals surface area contributed by atoms with E-state index >= 15 is 0 Å². The van der Waals surface area contributed by atoms with Crippen LogP contribution >= 0.6 is 0 Å². The van der Waals surface area contributed by atoms with Gasteiger partial charge < -0.3 is 5.32 Å². The summed E-state index contributed by atoms with van der Waals surface area (Å²) in [5, 5.41) is 2.94. The number of hydrogen-bond donors (Lipinski definition) is 1. The summed E-state index contributed by atoms with van der Waals surface area (Å²) in [4.78, 5) is 30.3. The van der Waals surface area contributed by atoms with E-state index in [1.54, 1.807) is 11.0 Å². The van der Waals surface area contributed by atoms with Crippen LogP contribution in [-0.2, 0) is 4.79 Å². The first-order chi connectivity index (χ1) is 13.6. The van der Waals surface area contributed by atoms with Crippen LogP contribution in [0.5, 0.6) is 0 Å². The second-order valence-electron chi connectivity index (χ2n) is 7.92. The number of piperidine rings is 1. The minimum absolute atomic E-state index is 0.0876. The van der Waals surface area contributed by atoms with Crippen molar-refractivity contribution in [1.29, 1.82) is 0 Å². The van der Waals surface area contributed by atoms with Crippen LogP contribution in [0.25, 0.3) is 0 Å². The quantitative estimate of drug-likeness (QED) is 0.766. The van der Waals surface area contributed by atoms with Crippen LogP contribution in [-0.4, -0.2) is 35.8 Å². The molecule has 5 heteroatoms. The lowest BCUT2D eigenvalue weighted by molar-refractivity contribution is -0.113. The molecule has 3 aliphatic rings. The third kappa shape index (κ3) is 2.74. The maximum atomic E-state index is 13.5. The van der Waals surface area contributed by atoms with E-state index in [4.69, 9.17) is 0 Å². The molecule has 28 heavy (non-hydrogen) atoms. The molecule has 5 nitrogen and oxygen atoms in total. The van der Waals surface area contributed by atoms with Gasteiger partial charge in [-0.1, -0.05) is 29.8 Å². The van der Waals surface area contributed by atoms with E-state index in [1.807, 2.05) is 48.5 Å². The minimum atomic E-state index is -0.191. The van der Waals surface area contributed by atoms with Crippen LogP contribution < -0.4 is 10.2 Å². The van der Waals surface area contributed by atoms with Crippen molar-refractivity contribution >= 4 is 28.9 Å². The monoisotopic (exact) mass is 373 g/mol. The summed E-state index contributed by atoms with van der Waals surface area (Å²) in [7, 11) is 2.19. The highest BCUT2D eigenvalue weighted by Crippen LogP contribution is 2.40. The van der Waals surface area contributed by atoms with Crippen LogP contribution in [0.2, 0.25) is 0 Å². The summed E-state index contributed by atoms with van der Waals surface area (Å²) in [6.45, 7) is 0. The van der Waals surface area contributed by atoms with Gasteiger partial charge in [0.05, 0.1) is 22.6 Å². The highest BCUT2D eigenvalue weighted by Gasteiger charge is 2.36. The highest BCUT2D eigenvalue weighted by atomic mass is 16.2. The Kier molecular flexibility index (Phi) is 4.05. The smallest absolute Gasteiger partial charge is 0.257 e. The fourth-order valence-electron chi connectivity index (χ4n) is 4.82. The number of hydrogen-bond acceptors (Lipinski definition) is 3. The van der Waals surface area contributed by atoms with Crippen LogP contribution in [0, 0.1) is 0 Å². The predicted molar refractivity (Wildman–Crippen MR) is 110 cm³/mol.